The molecule has 0 aromatic rings. The van der Waals surface area contributed by atoms with Crippen LogP contribution in [0.3, 0.4) is 0 Å². The first-order valence-corrected chi connectivity index (χ1v) is 7.58. The van der Waals surface area contributed by atoms with E-state index in [9.17, 15) is 0 Å². The number of likely N-dealkylation sites (N-methyl/N-ethyl adjacent to an activating group) is 1. The molecule has 0 aromatic carbocycles. The number of nitrogens with zero attached hydrogens (tertiary/aromatic N) is 2. The molecule has 3 heterocycles. The maximum Gasteiger partial charge on any atom is 0.0104 e. The second-order valence-corrected chi connectivity index (χ2v) is 6.74. The van der Waals surface area contributed by atoms with Crippen LogP contribution in [0, 0.1) is 11.3 Å². The first-order chi connectivity index (χ1) is 8.76. The van der Waals surface area contributed by atoms with Crippen molar-refractivity contribution in [3.8, 4) is 0 Å². The lowest BCUT2D eigenvalue weighted by molar-refractivity contribution is 0.213. The zero-order chi connectivity index (χ0) is 12.4. The highest BCUT2D eigenvalue weighted by Crippen LogP contribution is 2.36. The fraction of sp³-hybridized carbons (Fsp3) is 1.00. The minimum Gasteiger partial charge on any atom is -0.316 e. The molecule has 0 radical (unpaired) electrons. The largest absolute Gasteiger partial charge is 0.316 e. The van der Waals surface area contributed by atoms with Gasteiger partial charge in [0.05, 0.1) is 0 Å². The van der Waals surface area contributed by atoms with Crippen molar-refractivity contribution in [1.29, 1.82) is 0 Å². The summed E-state index contributed by atoms with van der Waals surface area (Å²) in [6.07, 6.45) is 2.81. The summed E-state index contributed by atoms with van der Waals surface area (Å²) in [5.41, 5.74) is 0.629. The van der Waals surface area contributed by atoms with E-state index in [1.165, 1.54) is 65.2 Å². The summed E-state index contributed by atoms with van der Waals surface area (Å²) in [7, 11) is 2.26. The Balaban J connectivity index is 1.51. The van der Waals surface area contributed by atoms with Crippen LogP contribution in [0.1, 0.15) is 12.8 Å². The van der Waals surface area contributed by atoms with Crippen LogP contribution in [-0.2, 0) is 0 Å². The van der Waals surface area contributed by atoms with Crippen LogP contribution in [0.15, 0.2) is 0 Å². The van der Waals surface area contributed by atoms with Gasteiger partial charge in [0.25, 0.3) is 0 Å². The number of hydrogen-bond acceptors (Lipinski definition) is 4. The number of rotatable bonds is 2. The van der Waals surface area contributed by atoms with E-state index in [2.05, 4.69) is 27.5 Å². The lowest BCUT2D eigenvalue weighted by Gasteiger charge is -2.27. The van der Waals surface area contributed by atoms with E-state index in [0.29, 0.717) is 5.41 Å². The van der Waals surface area contributed by atoms with E-state index in [4.69, 9.17) is 0 Å². The molecule has 3 fully saturated rings. The summed E-state index contributed by atoms with van der Waals surface area (Å²) in [5, 5.41) is 7.13. The molecular weight excluding hydrogens is 224 g/mol. The fourth-order valence-electron chi connectivity index (χ4n) is 3.99. The van der Waals surface area contributed by atoms with Crippen LogP contribution < -0.4 is 10.6 Å². The van der Waals surface area contributed by atoms with Gasteiger partial charge in [0.15, 0.2) is 0 Å². The van der Waals surface area contributed by atoms with Gasteiger partial charge in [-0.1, -0.05) is 0 Å². The molecule has 2 unspecified atom stereocenters. The molecule has 4 nitrogen and oxygen atoms in total. The Bertz CT molecular complexity index is 275. The first-order valence-electron chi connectivity index (χ1n) is 7.58. The third-order valence-corrected chi connectivity index (χ3v) is 5.04. The highest BCUT2D eigenvalue weighted by molar-refractivity contribution is 4.96. The van der Waals surface area contributed by atoms with Crippen molar-refractivity contribution in [3.63, 3.8) is 0 Å². The minimum atomic E-state index is 0.629. The molecule has 3 aliphatic heterocycles. The van der Waals surface area contributed by atoms with E-state index in [-0.39, 0.29) is 0 Å². The van der Waals surface area contributed by atoms with Crippen molar-refractivity contribution < 1.29 is 0 Å². The third kappa shape index (κ3) is 2.87. The van der Waals surface area contributed by atoms with Gasteiger partial charge in [-0.2, -0.15) is 0 Å². The maximum atomic E-state index is 3.58. The van der Waals surface area contributed by atoms with E-state index >= 15 is 0 Å². The predicted octanol–water partition coefficient (Wildman–Crippen LogP) is -0.177. The van der Waals surface area contributed by atoms with E-state index in [0.717, 1.165) is 12.5 Å². The Morgan fingerprint density at radius 2 is 2.11 bits per heavy atom. The molecule has 0 saturated carbocycles. The molecule has 4 heteroatoms. The lowest BCUT2D eigenvalue weighted by Crippen LogP contribution is -2.37. The third-order valence-electron chi connectivity index (χ3n) is 5.04. The van der Waals surface area contributed by atoms with Crippen LogP contribution in [-0.4, -0.2) is 75.8 Å². The highest BCUT2D eigenvalue weighted by atomic mass is 15.2. The van der Waals surface area contributed by atoms with E-state index in [1.54, 1.807) is 0 Å². The van der Waals surface area contributed by atoms with Crippen LogP contribution in [0.4, 0.5) is 0 Å². The van der Waals surface area contributed by atoms with Gasteiger partial charge >= 0.3 is 0 Å². The van der Waals surface area contributed by atoms with Crippen molar-refractivity contribution >= 4 is 0 Å². The van der Waals surface area contributed by atoms with E-state index in [1.807, 2.05) is 0 Å². The molecule has 2 N–H and O–H groups in total. The summed E-state index contributed by atoms with van der Waals surface area (Å²) in [4.78, 5) is 5.20. The number of nitrogens with one attached hydrogen (secondary N) is 2. The Morgan fingerprint density at radius 1 is 1.17 bits per heavy atom. The van der Waals surface area contributed by atoms with E-state index < -0.39 is 0 Å². The first kappa shape index (κ1) is 12.9. The summed E-state index contributed by atoms with van der Waals surface area (Å²) in [6.45, 7) is 11.3. The normalized spacial score (nSPS) is 39.5. The van der Waals surface area contributed by atoms with Gasteiger partial charge in [-0.25, -0.2) is 0 Å². The van der Waals surface area contributed by atoms with Crippen LogP contribution in [0.5, 0.6) is 0 Å². The molecule has 104 valence electrons. The van der Waals surface area contributed by atoms with Gasteiger partial charge < -0.3 is 20.4 Å². The van der Waals surface area contributed by atoms with Gasteiger partial charge in [-0.05, 0) is 44.3 Å². The fourth-order valence-corrected chi connectivity index (χ4v) is 3.99. The molecule has 0 aliphatic carbocycles. The van der Waals surface area contributed by atoms with Crippen molar-refractivity contribution in [2.24, 2.45) is 11.3 Å². The quantitative estimate of drug-likeness (QED) is 0.714. The molecule has 2 atom stereocenters. The van der Waals surface area contributed by atoms with Crippen molar-refractivity contribution in [2.75, 3.05) is 66.0 Å². The Hall–Kier alpha value is -0.160. The van der Waals surface area contributed by atoms with Crippen LogP contribution in [0.25, 0.3) is 0 Å². The second-order valence-electron chi connectivity index (χ2n) is 6.74. The molecule has 3 rings (SSSR count). The van der Waals surface area contributed by atoms with Crippen LogP contribution in [0.2, 0.25) is 0 Å². The molecular formula is C14H28N4. The average Bonchev–Trinajstić information content (AvgIpc) is 2.90. The maximum absolute atomic E-state index is 3.58. The lowest BCUT2D eigenvalue weighted by atomic mass is 9.86. The minimum absolute atomic E-state index is 0.629. The van der Waals surface area contributed by atoms with Gasteiger partial charge in [-0.3, -0.25) is 0 Å². The number of hydrogen-bond donors (Lipinski definition) is 2. The van der Waals surface area contributed by atoms with Crippen molar-refractivity contribution in [2.45, 2.75) is 12.8 Å². The predicted molar refractivity (Wildman–Crippen MR) is 74.8 cm³/mol. The summed E-state index contributed by atoms with van der Waals surface area (Å²) in [5.74, 6) is 0.807. The Morgan fingerprint density at radius 3 is 2.94 bits per heavy atom. The molecule has 1 spiro atoms. The molecule has 0 amide bonds. The van der Waals surface area contributed by atoms with Crippen molar-refractivity contribution in [3.05, 3.63) is 0 Å². The molecule has 3 saturated heterocycles. The smallest absolute Gasteiger partial charge is 0.0104 e. The summed E-state index contributed by atoms with van der Waals surface area (Å²) < 4.78 is 0. The average molecular weight is 252 g/mol. The zero-order valence-electron chi connectivity index (χ0n) is 11.7. The standard InChI is InChI=1S/C14H28N4/c1-17-7-5-15-8-13(9-17)10-18-6-3-14(12-18)2-4-16-11-14/h13,15-16H,2-12H2,1H3. The molecule has 0 bridgehead atoms. The van der Waals surface area contributed by atoms with Gasteiger partial charge in [0, 0.05) is 45.8 Å². The SMILES string of the molecule is CN1CCNCC(CN2CCC3(CCNC3)C2)C1. The van der Waals surface area contributed by atoms with Gasteiger partial charge in [0.1, 0.15) is 0 Å². The van der Waals surface area contributed by atoms with Crippen LogP contribution >= 0.6 is 0 Å². The molecule has 18 heavy (non-hydrogen) atoms. The van der Waals surface area contributed by atoms with Gasteiger partial charge in [-0.15, -0.1) is 0 Å². The molecule has 3 aliphatic rings. The summed E-state index contributed by atoms with van der Waals surface area (Å²) in [6, 6.07) is 0. The Labute approximate surface area is 111 Å². The molecule has 0 aromatic heterocycles. The zero-order valence-corrected chi connectivity index (χ0v) is 11.7. The monoisotopic (exact) mass is 252 g/mol. The second kappa shape index (κ2) is 5.45. The number of likely N-dealkylation sites (tertiary alicyclic amines) is 1. The van der Waals surface area contributed by atoms with Gasteiger partial charge in [0.2, 0.25) is 0 Å². The topological polar surface area (TPSA) is 30.5 Å². The highest BCUT2D eigenvalue weighted by Gasteiger charge is 2.40. The Kier molecular flexibility index (Phi) is 3.89. The van der Waals surface area contributed by atoms with Crippen molar-refractivity contribution in [1.82, 2.24) is 20.4 Å². The summed E-state index contributed by atoms with van der Waals surface area (Å²) >= 11 is 0.